The Kier molecular flexibility index (Phi) is 5.73. The molecule has 3 nitrogen and oxygen atoms in total. The summed E-state index contributed by atoms with van der Waals surface area (Å²) in [6.07, 6.45) is 3.55. The molecule has 0 aliphatic heterocycles. The van der Waals surface area contributed by atoms with E-state index in [-0.39, 0.29) is 0 Å². The van der Waals surface area contributed by atoms with Crippen LogP contribution in [0.5, 0.6) is 0 Å². The van der Waals surface area contributed by atoms with Crippen molar-refractivity contribution in [2.45, 2.75) is 6.92 Å². The highest BCUT2D eigenvalue weighted by molar-refractivity contribution is 6.11. The van der Waals surface area contributed by atoms with Crippen molar-refractivity contribution in [1.29, 1.82) is 5.26 Å². The van der Waals surface area contributed by atoms with Gasteiger partial charge >= 0.3 is 0 Å². The van der Waals surface area contributed by atoms with Gasteiger partial charge in [-0.05, 0) is 71.1 Å². The second kappa shape index (κ2) is 9.69. The number of rotatable bonds is 4. The SMILES string of the molecule is Cc1ccccc1-c1ccc2c3ccccc3n(-c3cc(-c4ccncc4)c(C#N)cc3-c3ccccc3)c2c1. The van der Waals surface area contributed by atoms with Crippen LogP contribution in [0, 0.1) is 18.3 Å². The number of fused-ring (bicyclic) bond motifs is 3. The third-order valence-electron chi connectivity index (χ3n) is 7.70. The van der Waals surface area contributed by atoms with Crippen molar-refractivity contribution in [1.82, 2.24) is 9.55 Å². The van der Waals surface area contributed by atoms with E-state index in [0.717, 1.165) is 39.0 Å². The van der Waals surface area contributed by atoms with E-state index in [9.17, 15) is 5.26 Å². The first-order chi connectivity index (χ1) is 19.7. The average Bonchev–Trinajstić information content (AvgIpc) is 3.35. The van der Waals surface area contributed by atoms with Crippen LogP contribution in [0.4, 0.5) is 0 Å². The number of hydrogen-bond donors (Lipinski definition) is 0. The standard InChI is InChI=1S/C37H25N3/c1-25-9-5-6-12-30(25)28-15-16-32-31-13-7-8-14-35(31)40(36(32)22-28)37-23-33(27-17-19-39-20-18-27)29(24-38)21-34(37)26-10-3-2-4-11-26/h2-23H,1H3. The van der Waals surface area contributed by atoms with E-state index in [1.54, 1.807) is 12.4 Å². The van der Waals surface area contributed by atoms with E-state index >= 15 is 0 Å². The minimum absolute atomic E-state index is 0.634. The van der Waals surface area contributed by atoms with Crippen molar-refractivity contribution in [2.24, 2.45) is 0 Å². The monoisotopic (exact) mass is 511 g/mol. The minimum atomic E-state index is 0.634. The maximum atomic E-state index is 10.2. The molecule has 0 saturated heterocycles. The molecule has 0 bridgehead atoms. The quantitative estimate of drug-likeness (QED) is 0.236. The van der Waals surface area contributed by atoms with Gasteiger partial charge in [0, 0.05) is 34.3 Å². The fourth-order valence-corrected chi connectivity index (χ4v) is 5.78. The molecule has 0 spiro atoms. The molecule has 3 heteroatoms. The van der Waals surface area contributed by atoms with Crippen LogP contribution < -0.4 is 0 Å². The Bertz CT molecular complexity index is 2060. The first-order valence-corrected chi connectivity index (χ1v) is 13.4. The van der Waals surface area contributed by atoms with Gasteiger partial charge in [-0.2, -0.15) is 5.26 Å². The molecule has 188 valence electrons. The van der Waals surface area contributed by atoms with Crippen LogP contribution in [0.2, 0.25) is 0 Å². The number of para-hydroxylation sites is 1. The highest BCUT2D eigenvalue weighted by atomic mass is 15.0. The van der Waals surface area contributed by atoms with Crippen molar-refractivity contribution < 1.29 is 0 Å². The summed E-state index contributed by atoms with van der Waals surface area (Å²) in [7, 11) is 0. The van der Waals surface area contributed by atoms with E-state index in [4.69, 9.17) is 0 Å². The van der Waals surface area contributed by atoms with Crippen molar-refractivity contribution in [3.05, 3.63) is 145 Å². The first-order valence-electron chi connectivity index (χ1n) is 13.4. The molecule has 40 heavy (non-hydrogen) atoms. The van der Waals surface area contributed by atoms with Crippen molar-refractivity contribution >= 4 is 21.8 Å². The van der Waals surface area contributed by atoms with Crippen LogP contribution in [-0.4, -0.2) is 9.55 Å². The molecule has 7 rings (SSSR count). The topological polar surface area (TPSA) is 41.6 Å². The van der Waals surface area contributed by atoms with Gasteiger partial charge in [-0.1, -0.05) is 84.9 Å². The zero-order valence-corrected chi connectivity index (χ0v) is 22.0. The molecule has 2 aromatic heterocycles. The van der Waals surface area contributed by atoms with E-state index in [1.165, 1.54) is 27.5 Å². The average molecular weight is 512 g/mol. The van der Waals surface area contributed by atoms with Gasteiger partial charge in [-0.3, -0.25) is 4.98 Å². The second-order valence-corrected chi connectivity index (χ2v) is 10.0. The van der Waals surface area contributed by atoms with Gasteiger partial charge in [0.05, 0.1) is 28.4 Å². The lowest BCUT2D eigenvalue weighted by Gasteiger charge is -2.18. The van der Waals surface area contributed by atoms with Gasteiger partial charge in [0.15, 0.2) is 0 Å². The molecule has 2 heterocycles. The number of nitrogens with zero attached hydrogens (tertiary/aromatic N) is 3. The third-order valence-corrected chi connectivity index (χ3v) is 7.70. The molecule has 0 N–H and O–H groups in total. The van der Waals surface area contributed by atoms with Crippen molar-refractivity contribution in [3.63, 3.8) is 0 Å². The molecule has 0 aliphatic rings. The number of aromatic nitrogens is 2. The lowest BCUT2D eigenvalue weighted by atomic mass is 9.94. The Morgan fingerprint density at radius 2 is 1.27 bits per heavy atom. The largest absolute Gasteiger partial charge is 0.309 e. The third kappa shape index (κ3) is 3.86. The summed E-state index contributed by atoms with van der Waals surface area (Å²) in [5.41, 5.74) is 11.5. The predicted octanol–water partition coefficient (Wildman–Crippen LogP) is 9.36. The van der Waals surface area contributed by atoms with Gasteiger partial charge in [0.1, 0.15) is 0 Å². The predicted molar refractivity (Wildman–Crippen MR) is 164 cm³/mol. The fourth-order valence-electron chi connectivity index (χ4n) is 5.78. The maximum Gasteiger partial charge on any atom is 0.0998 e. The highest BCUT2D eigenvalue weighted by Gasteiger charge is 2.19. The zero-order chi connectivity index (χ0) is 27.1. The number of aryl methyl sites for hydroxylation is 1. The molecule has 0 atom stereocenters. The molecular weight excluding hydrogens is 486 g/mol. The molecule has 5 aromatic carbocycles. The van der Waals surface area contributed by atoms with E-state index in [1.807, 2.05) is 36.4 Å². The molecule has 0 aliphatic carbocycles. The lowest BCUT2D eigenvalue weighted by Crippen LogP contribution is -2.00. The summed E-state index contributed by atoms with van der Waals surface area (Å²) < 4.78 is 2.36. The molecule has 0 fully saturated rings. The van der Waals surface area contributed by atoms with Crippen LogP contribution in [0.1, 0.15) is 11.1 Å². The normalized spacial score (nSPS) is 11.1. The van der Waals surface area contributed by atoms with Gasteiger partial charge in [0.25, 0.3) is 0 Å². The molecule has 0 radical (unpaired) electrons. The van der Waals surface area contributed by atoms with Gasteiger partial charge in [-0.25, -0.2) is 0 Å². The van der Waals surface area contributed by atoms with Gasteiger partial charge in [0.2, 0.25) is 0 Å². The molecule has 7 aromatic rings. The van der Waals surface area contributed by atoms with Gasteiger partial charge < -0.3 is 4.57 Å². The summed E-state index contributed by atoms with van der Waals surface area (Å²) in [5, 5.41) is 12.6. The highest BCUT2D eigenvalue weighted by Crippen LogP contribution is 2.40. The summed E-state index contributed by atoms with van der Waals surface area (Å²) in [5.74, 6) is 0. The number of benzene rings is 5. The second-order valence-electron chi connectivity index (χ2n) is 10.0. The van der Waals surface area contributed by atoms with Gasteiger partial charge in [-0.15, -0.1) is 0 Å². The fraction of sp³-hybridized carbons (Fsp3) is 0.0270. The van der Waals surface area contributed by atoms with E-state index < -0.39 is 0 Å². The maximum absolute atomic E-state index is 10.2. The number of hydrogen-bond acceptors (Lipinski definition) is 2. The smallest absolute Gasteiger partial charge is 0.0998 e. The molecule has 0 unspecified atom stereocenters. The van der Waals surface area contributed by atoms with Crippen LogP contribution in [0.25, 0.3) is 60.9 Å². The van der Waals surface area contributed by atoms with Crippen LogP contribution in [0.3, 0.4) is 0 Å². The minimum Gasteiger partial charge on any atom is -0.309 e. The van der Waals surface area contributed by atoms with Crippen molar-refractivity contribution in [2.75, 3.05) is 0 Å². The summed E-state index contributed by atoms with van der Waals surface area (Å²) >= 11 is 0. The van der Waals surface area contributed by atoms with E-state index in [0.29, 0.717) is 5.56 Å². The Morgan fingerprint density at radius 3 is 2.08 bits per heavy atom. The van der Waals surface area contributed by atoms with E-state index in [2.05, 4.69) is 107 Å². The zero-order valence-electron chi connectivity index (χ0n) is 22.0. The number of nitriles is 1. The molecule has 0 amide bonds. The van der Waals surface area contributed by atoms with Crippen molar-refractivity contribution in [3.8, 4) is 45.1 Å². The van der Waals surface area contributed by atoms with Crippen LogP contribution in [0.15, 0.2) is 134 Å². The Balaban J connectivity index is 1.62. The van der Waals surface area contributed by atoms with Crippen LogP contribution in [-0.2, 0) is 0 Å². The Labute approximate surface area is 233 Å². The Hall–Kier alpha value is -5.46. The van der Waals surface area contributed by atoms with Crippen LogP contribution >= 0.6 is 0 Å². The Morgan fingerprint density at radius 1 is 0.575 bits per heavy atom. The molecule has 0 saturated carbocycles. The molecular formula is C37H25N3. The number of pyridine rings is 1. The lowest BCUT2D eigenvalue weighted by molar-refractivity contribution is 1.18. The summed E-state index contributed by atoms with van der Waals surface area (Å²) in [4.78, 5) is 4.20. The first kappa shape index (κ1) is 23.6. The summed E-state index contributed by atoms with van der Waals surface area (Å²) in [6, 6.07) is 44.8. The summed E-state index contributed by atoms with van der Waals surface area (Å²) in [6.45, 7) is 2.16.